The third-order valence-electron chi connectivity index (χ3n) is 8.63. The zero-order valence-corrected chi connectivity index (χ0v) is 36.3. The molecule has 0 amide bonds. The average molecular weight is 704 g/mol. The second kappa shape index (κ2) is 48.8. The van der Waals surface area contributed by atoms with E-state index in [1.54, 1.807) is 0 Å². The van der Waals surface area contributed by atoms with Crippen LogP contribution in [0.2, 0.25) is 0 Å². The Bertz CT molecular complexity index is 710. The molecule has 49 heavy (non-hydrogen) atoms. The first-order valence-electron chi connectivity index (χ1n) is 20.5. The fourth-order valence-corrected chi connectivity index (χ4v) is 5.23. The lowest BCUT2D eigenvalue weighted by atomic mass is 9.82. The topological polar surface area (TPSA) is 26.0 Å². The van der Waals surface area contributed by atoms with Crippen LogP contribution in [-0.2, 0) is 0 Å². The fourth-order valence-electron chi connectivity index (χ4n) is 4.82. The highest BCUT2D eigenvalue weighted by Gasteiger charge is 2.16. The fraction of sp³-hybridized carbons (Fsp3) is 0.787. The highest BCUT2D eigenvalue weighted by molar-refractivity contribution is 7.80. The first kappa shape index (κ1) is 57.0. The molecule has 0 rings (SSSR count). The van der Waals surface area contributed by atoms with Crippen molar-refractivity contribution in [3.63, 3.8) is 0 Å². The maximum absolute atomic E-state index is 5.26. The zero-order chi connectivity index (χ0) is 38.6. The van der Waals surface area contributed by atoms with Gasteiger partial charge in [-0.15, -0.1) is 32.1 Å². The minimum atomic E-state index is 0.446. The molecule has 0 fully saturated rings. The monoisotopic (exact) mass is 704 g/mol. The molecule has 0 aromatic carbocycles. The second-order valence-electron chi connectivity index (χ2n) is 15.4. The van der Waals surface area contributed by atoms with Crippen LogP contribution >= 0.6 is 12.6 Å². The van der Waals surface area contributed by atoms with Crippen molar-refractivity contribution in [2.45, 2.75) is 216 Å². The predicted molar refractivity (Wildman–Crippen MR) is 237 cm³/mol. The Morgan fingerprint density at radius 3 is 1.37 bits per heavy atom. The molecule has 1 nitrogen and oxygen atoms in total. The Labute approximate surface area is 318 Å². The van der Waals surface area contributed by atoms with Crippen LogP contribution in [0.15, 0.2) is 49.7 Å². The number of hydrogen-bond donors (Lipinski definition) is 2. The minimum absolute atomic E-state index is 0.446. The van der Waals surface area contributed by atoms with E-state index in [-0.39, 0.29) is 0 Å². The van der Waals surface area contributed by atoms with Gasteiger partial charge in [-0.1, -0.05) is 181 Å². The summed E-state index contributed by atoms with van der Waals surface area (Å²) in [6.07, 6.45) is 41.2. The van der Waals surface area contributed by atoms with Gasteiger partial charge in [-0.3, -0.25) is 0 Å². The number of rotatable bonds is 27. The molecule has 0 saturated carbocycles. The minimum Gasteiger partial charge on any atom is -0.405 e. The van der Waals surface area contributed by atoms with Crippen LogP contribution in [0.3, 0.4) is 0 Å². The van der Waals surface area contributed by atoms with Crippen LogP contribution in [0.4, 0.5) is 0 Å². The highest BCUT2D eigenvalue weighted by Crippen LogP contribution is 2.29. The average Bonchev–Trinajstić information content (AvgIpc) is 3.04. The zero-order valence-electron chi connectivity index (χ0n) is 35.4. The molecule has 0 aromatic heterocycles. The highest BCUT2D eigenvalue weighted by atomic mass is 32.1. The lowest BCUT2D eigenvalue weighted by Gasteiger charge is -2.23. The van der Waals surface area contributed by atoms with Crippen LogP contribution in [0.25, 0.3) is 0 Å². The van der Waals surface area contributed by atoms with E-state index in [2.05, 4.69) is 106 Å². The molecule has 0 saturated heterocycles. The lowest BCUT2D eigenvalue weighted by molar-refractivity contribution is 0.292. The van der Waals surface area contributed by atoms with Crippen molar-refractivity contribution < 1.29 is 0 Å². The summed E-state index contributed by atoms with van der Waals surface area (Å²) in [6, 6.07) is 0. The Balaban J connectivity index is -0.000000194. The Morgan fingerprint density at radius 2 is 1.10 bits per heavy atom. The number of allylic oxidation sites excluding steroid dienone is 3. The molecule has 1 unspecified atom stereocenters. The number of hydrogen-bond acceptors (Lipinski definition) is 2. The maximum Gasteiger partial charge on any atom is 0.00911 e. The van der Waals surface area contributed by atoms with Gasteiger partial charge in [0.2, 0.25) is 0 Å². The number of thiol groups is 1. The van der Waals surface area contributed by atoms with E-state index >= 15 is 0 Å². The van der Waals surface area contributed by atoms with Crippen LogP contribution in [-0.4, -0.2) is 5.75 Å². The van der Waals surface area contributed by atoms with E-state index in [4.69, 9.17) is 6.42 Å². The molecule has 0 radical (unpaired) electrons. The van der Waals surface area contributed by atoms with Crippen LogP contribution in [0.1, 0.15) is 216 Å². The summed E-state index contributed by atoms with van der Waals surface area (Å²) in [5.41, 5.74) is 7.66. The Hall–Kier alpha value is -1.33. The summed E-state index contributed by atoms with van der Waals surface area (Å²) in [4.78, 5) is 0. The lowest BCUT2D eigenvalue weighted by Crippen LogP contribution is -2.11. The maximum atomic E-state index is 5.26. The quantitative estimate of drug-likeness (QED) is 0.0379. The molecule has 0 heterocycles. The van der Waals surface area contributed by atoms with E-state index in [0.717, 1.165) is 30.9 Å². The summed E-state index contributed by atoms with van der Waals surface area (Å²) in [6.45, 7) is 34.3. The SMILES string of the molecule is C#CCCC(C)(C)CCCC(C)C.C=C(C)CC.C=C(C)CCCCCCCCCCCCCCCCCC.C=CC(C)CCS.C=CN. The first-order chi connectivity index (χ1) is 23.2. The summed E-state index contributed by atoms with van der Waals surface area (Å²) >= 11 is 4.07. The van der Waals surface area contributed by atoms with Gasteiger partial charge < -0.3 is 5.73 Å². The van der Waals surface area contributed by atoms with Crippen molar-refractivity contribution in [3.8, 4) is 12.3 Å². The van der Waals surface area contributed by atoms with Crippen molar-refractivity contribution in [2.75, 3.05) is 5.75 Å². The van der Waals surface area contributed by atoms with Gasteiger partial charge in [-0.05, 0) is 81.6 Å². The summed E-state index contributed by atoms with van der Waals surface area (Å²) in [5.74, 6) is 5.16. The molecule has 0 bridgehead atoms. The Kier molecular flexibility index (Phi) is 56.8. The molecular weight excluding hydrogens is 611 g/mol. The molecule has 2 N–H and O–H groups in total. The molecule has 0 spiro atoms. The van der Waals surface area contributed by atoms with Gasteiger partial charge >= 0.3 is 0 Å². The van der Waals surface area contributed by atoms with E-state index in [1.165, 1.54) is 152 Å². The molecule has 292 valence electrons. The van der Waals surface area contributed by atoms with Crippen molar-refractivity contribution in [1.82, 2.24) is 0 Å². The summed E-state index contributed by atoms with van der Waals surface area (Å²) < 4.78 is 0. The van der Waals surface area contributed by atoms with Gasteiger partial charge in [-0.2, -0.15) is 12.6 Å². The van der Waals surface area contributed by atoms with E-state index in [1.807, 2.05) is 13.0 Å². The van der Waals surface area contributed by atoms with E-state index < -0.39 is 0 Å². The Morgan fingerprint density at radius 1 is 0.714 bits per heavy atom. The van der Waals surface area contributed by atoms with Crippen molar-refractivity contribution >= 4 is 12.6 Å². The number of nitrogens with two attached hydrogens (primary N) is 1. The van der Waals surface area contributed by atoms with Crippen molar-refractivity contribution in [3.05, 3.63) is 49.7 Å². The van der Waals surface area contributed by atoms with Crippen molar-refractivity contribution in [2.24, 2.45) is 23.0 Å². The predicted octanol–water partition coefficient (Wildman–Crippen LogP) is 16.7. The molecule has 0 aliphatic rings. The first-order valence-corrected chi connectivity index (χ1v) is 21.2. The van der Waals surface area contributed by atoms with Gasteiger partial charge in [0.15, 0.2) is 0 Å². The summed E-state index contributed by atoms with van der Waals surface area (Å²) in [7, 11) is 0. The molecule has 0 aliphatic carbocycles. The molecule has 0 aliphatic heterocycles. The van der Waals surface area contributed by atoms with Gasteiger partial charge in [0.25, 0.3) is 0 Å². The van der Waals surface area contributed by atoms with Crippen LogP contribution in [0.5, 0.6) is 0 Å². The largest absolute Gasteiger partial charge is 0.405 e. The van der Waals surface area contributed by atoms with Gasteiger partial charge in [0.1, 0.15) is 0 Å². The molecule has 1 atom stereocenters. The normalized spacial score (nSPS) is 10.7. The second-order valence-corrected chi connectivity index (χ2v) is 15.9. The van der Waals surface area contributed by atoms with Gasteiger partial charge in [0.05, 0.1) is 0 Å². The van der Waals surface area contributed by atoms with Crippen LogP contribution < -0.4 is 5.73 Å². The van der Waals surface area contributed by atoms with E-state index in [0.29, 0.717) is 11.3 Å². The van der Waals surface area contributed by atoms with E-state index in [9.17, 15) is 0 Å². The number of unbranched alkanes of at least 4 members (excludes halogenated alkanes) is 15. The van der Waals surface area contributed by atoms with Crippen molar-refractivity contribution in [1.29, 1.82) is 0 Å². The molecule has 2 heteroatoms. The summed E-state index contributed by atoms with van der Waals surface area (Å²) in [5, 5.41) is 0. The van der Waals surface area contributed by atoms with Gasteiger partial charge in [-0.25, -0.2) is 0 Å². The third kappa shape index (κ3) is 73.2. The number of terminal acetylenes is 1. The third-order valence-corrected chi connectivity index (χ3v) is 8.89. The van der Waals surface area contributed by atoms with Gasteiger partial charge in [0, 0.05) is 6.42 Å². The van der Waals surface area contributed by atoms with Crippen LogP contribution in [0, 0.1) is 29.6 Å². The smallest absolute Gasteiger partial charge is 0.00911 e. The standard InChI is InChI=1S/C21H42.C13H24.C6H12S.C5H10.C2H5N/c1-4-5-6-7-8-9-10-11-12-13-14-15-16-17-18-19-20-21(2)3;1-6-7-10-13(4,5)11-8-9-12(2)3;1-3-6(2)4-5-7;1-4-5(2)3;1-2-3/h2,4-20H2,1,3H3;1,12H,7-11H2,2-5H3;3,6-7H,1,4-5H2,2H3;2,4H2,1,3H3;2H,1,3H2. The molecule has 0 aromatic rings. The molecular formula is C47H93NS.